The van der Waals surface area contributed by atoms with Gasteiger partial charge in [-0.15, -0.1) is 0 Å². The van der Waals surface area contributed by atoms with Crippen LogP contribution in [-0.4, -0.2) is 26.2 Å². The van der Waals surface area contributed by atoms with Gasteiger partial charge in [-0.2, -0.15) is 5.48 Å². The first kappa shape index (κ1) is 19.4. The number of benzene rings is 3. The van der Waals surface area contributed by atoms with Gasteiger partial charge in [-0.3, -0.25) is 4.79 Å². The Morgan fingerprint density at radius 2 is 1.77 bits per heavy atom. The van der Waals surface area contributed by atoms with Gasteiger partial charge in [0.2, 0.25) is 0 Å². The van der Waals surface area contributed by atoms with E-state index in [1.165, 1.54) is 12.1 Å². The molecule has 1 heterocycles. The highest BCUT2D eigenvalue weighted by molar-refractivity contribution is 5.77. The summed E-state index contributed by atoms with van der Waals surface area (Å²) in [5, 5.41) is 0. The van der Waals surface area contributed by atoms with Gasteiger partial charge < -0.3 is 14.3 Å². The van der Waals surface area contributed by atoms with E-state index in [-0.39, 0.29) is 24.9 Å². The Labute approximate surface area is 172 Å². The third kappa shape index (κ3) is 3.69. The summed E-state index contributed by atoms with van der Waals surface area (Å²) in [7, 11) is 1.60. The number of carbonyl (C=O) groups is 1. The molecule has 1 aliphatic rings. The summed E-state index contributed by atoms with van der Waals surface area (Å²) in [6.07, 6.45) is 0. The molecule has 0 radical (unpaired) electrons. The van der Waals surface area contributed by atoms with Gasteiger partial charge in [0.15, 0.2) is 5.54 Å². The maximum Gasteiger partial charge on any atom is 0.320 e. The van der Waals surface area contributed by atoms with Gasteiger partial charge in [0.05, 0.1) is 7.11 Å². The van der Waals surface area contributed by atoms with Crippen LogP contribution in [-0.2, 0) is 19.9 Å². The lowest BCUT2D eigenvalue weighted by Gasteiger charge is -2.26. The average Bonchev–Trinajstić information content (AvgIpc) is 3.23. The third-order valence-electron chi connectivity index (χ3n) is 4.97. The van der Waals surface area contributed by atoms with E-state index in [0.717, 1.165) is 22.3 Å². The molecular formula is C23H19FN2O4. The lowest BCUT2D eigenvalue weighted by atomic mass is 9.83. The van der Waals surface area contributed by atoms with E-state index in [9.17, 15) is 9.18 Å². The molecule has 0 bridgehead atoms. The van der Waals surface area contributed by atoms with Crippen molar-refractivity contribution in [1.29, 1.82) is 0 Å². The van der Waals surface area contributed by atoms with Crippen LogP contribution in [0.5, 0.6) is 5.75 Å². The van der Waals surface area contributed by atoms with Crippen molar-refractivity contribution in [3.8, 4) is 16.9 Å². The van der Waals surface area contributed by atoms with Crippen LogP contribution in [0.25, 0.3) is 11.1 Å². The molecule has 7 heteroatoms. The molecule has 0 saturated carbocycles. The summed E-state index contributed by atoms with van der Waals surface area (Å²) in [6, 6.07) is 21.7. The van der Waals surface area contributed by atoms with E-state index >= 15 is 0 Å². The van der Waals surface area contributed by atoms with Crippen molar-refractivity contribution in [1.82, 2.24) is 5.48 Å². The van der Waals surface area contributed by atoms with Crippen LogP contribution in [0.3, 0.4) is 0 Å². The number of halogens is 1. The molecule has 0 aliphatic carbocycles. The van der Waals surface area contributed by atoms with Crippen molar-refractivity contribution in [2.75, 3.05) is 13.7 Å². The fourth-order valence-electron chi connectivity index (χ4n) is 3.49. The second-order valence-electron chi connectivity index (χ2n) is 6.70. The van der Waals surface area contributed by atoms with E-state index < -0.39 is 5.54 Å². The fourth-order valence-corrected chi connectivity index (χ4v) is 3.49. The number of hydrogen-bond donors (Lipinski definition) is 1. The van der Waals surface area contributed by atoms with E-state index in [1.54, 1.807) is 13.2 Å². The summed E-state index contributed by atoms with van der Waals surface area (Å²) in [6.45, 7) is 0.445. The van der Waals surface area contributed by atoms with Crippen LogP contribution < -0.4 is 10.2 Å². The Morgan fingerprint density at radius 1 is 1.03 bits per heavy atom. The zero-order valence-electron chi connectivity index (χ0n) is 16.2. The quantitative estimate of drug-likeness (QED) is 0.498. The van der Waals surface area contributed by atoms with Gasteiger partial charge in [0.1, 0.15) is 18.2 Å². The summed E-state index contributed by atoms with van der Waals surface area (Å²) in [5.74, 6) is 0.412. The van der Waals surface area contributed by atoms with Gasteiger partial charge in [-0.1, -0.05) is 42.5 Å². The number of carbonyl (C=O) groups excluding carboxylic acids is 1. The van der Waals surface area contributed by atoms with Crippen LogP contribution in [0.2, 0.25) is 0 Å². The van der Waals surface area contributed by atoms with Crippen molar-refractivity contribution < 1.29 is 23.5 Å². The number of hydrogen-bond acceptors (Lipinski definition) is 6. The molecule has 30 heavy (non-hydrogen) atoms. The number of ether oxygens (including phenoxy) is 2. The predicted octanol–water partition coefficient (Wildman–Crippen LogP) is 3.81. The second kappa shape index (κ2) is 8.24. The van der Waals surface area contributed by atoms with Crippen LogP contribution in [0.4, 0.5) is 4.39 Å². The van der Waals surface area contributed by atoms with Crippen LogP contribution in [0.15, 0.2) is 77.8 Å². The Morgan fingerprint density at radius 3 is 2.47 bits per heavy atom. The molecule has 0 fully saturated rings. The normalized spacial score (nSPS) is 17.6. The first-order valence-corrected chi connectivity index (χ1v) is 9.23. The predicted molar refractivity (Wildman–Crippen MR) is 109 cm³/mol. The average molecular weight is 406 g/mol. The molecule has 0 saturated heterocycles. The summed E-state index contributed by atoms with van der Waals surface area (Å²) in [5.41, 5.74) is 4.82. The molecule has 0 amide bonds. The van der Waals surface area contributed by atoms with Gasteiger partial charge >= 0.3 is 12.5 Å². The number of hydroxylamine groups is 1. The van der Waals surface area contributed by atoms with Gasteiger partial charge in [0.25, 0.3) is 0 Å². The Hall–Kier alpha value is -3.87. The first-order valence-electron chi connectivity index (χ1n) is 9.23. The van der Waals surface area contributed by atoms with Crippen LogP contribution in [0, 0.1) is 5.82 Å². The molecule has 0 spiro atoms. The minimum atomic E-state index is -0.885. The number of aliphatic imine (C=N–C) groups is 1. The monoisotopic (exact) mass is 406 g/mol. The van der Waals surface area contributed by atoms with E-state index in [2.05, 4.69) is 15.3 Å². The molecule has 1 aliphatic heterocycles. The molecule has 0 aromatic heterocycles. The molecule has 1 atom stereocenters. The molecule has 3 aromatic carbocycles. The lowest BCUT2D eigenvalue weighted by Crippen LogP contribution is -2.27. The summed E-state index contributed by atoms with van der Waals surface area (Å²) < 4.78 is 24.7. The van der Waals surface area contributed by atoms with Gasteiger partial charge in [0, 0.05) is 0 Å². The zero-order valence-corrected chi connectivity index (χ0v) is 16.2. The lowest BCUT2D eigenvalue weighted by molar-refractivity contribution is -0.132. The van der Waals surface area contributed by atoms with Crippen molar-refractivity contribution in [2.24, 2.45) is 4.99 Å². The number of nitrogens with one attached hydrogen (secondary N) is 1. The number of nitrogens with zero attached hydrogens (tertiary/aromatic N) is 1. The second-order valence-corrected chi connectivity index (χ2v) is 6.70. The maximum absolute atomic E-state index is 13.7. The third-order valence-corrected chi connectivity index (χ3v) is 4.97. The largest absolute Gasteiger partial charge is 0.497 e. The smallest absolute Gasteiger partial charge is 0.320 e. The Kier molecular flexibility index (Phi) is 5.34. The topological polar surface area (TPSA) is 69.2 Å². The van der Waals surface area contributed by atoms with E-state index in [4.69, 9.17) is 9.47 Å². The van der Waals surface area contributed by atoms with Crippen molar-refractivity contribution in [3.63, 3.8) is 0 Å². The zero-order chi connectivity index (χ0) is 21.0. The first-order chi connectivity index (χ1) is 14.6. The molecule has 3 aromatic rings. The van der Waals surface area contributed by atoms with E-state index in [0.29, 0.717) is 5.75 Å². The molecule has 6 nitrogen and oxygen atoms in total. The highest BCUT2D eigenvalue weighted by Gasteiger charge is 2.41. The van der Waals surface area contributed by atoms with Crippen molar-refractivity contribution >= 4 is 12.5 Å². The number of methoxy groups -OCH3 is 1. The standard InChI is InChI=1S/C23H19FN2O4/c1-28-21-10-8-18(9-11-21)23(14-29-22(25-23)26-30-15-27)19-6-2-4-16(12-19)17-5-3-7-20(24)13-17/h2-13,15H,14H2,1H3,(H,25,26). The fraction of sp³-hybridized carbons (Fsp3) is 0.130. The molecule has 4 rings (SSSR count). The minimum Gasteiger partial charge on any atom is -0.497 e. The highest BCUT2D eigenvalue weighted by Crippen LogP contribution is 2.39. The van der Waals surface area contributed by atoms with Crippen molar-refractivity contribution in [3.05, 3.63) is 89.7 Å². The van der Waals surface area contributed by atoms with Crippen molar-refractivity contribution in [2.45, 2.75) is 5.54 Å². The molecule has 1 unspecified atom stereocenters. The Bertz CT molecular complexity index is 1080. The summed E-state index contributed by atoms with van der Waals surface area (Å²) >= 11 is 0. The van der Waals surface area contributed by atoms with Gasteiger partial charge in [-0.25, -0.2) is 9.38 Å². The van der Waals surface area contributed by atoms with Crippen LogP contribution in [0.1, 0.15) is 11.1 Å². The summed E-state index contributed by atoms with van der Waals surface area (Å²) in [4.78, 5) is 19.8. The number of amidine groups is 1. The molecule has 1 N–H and O–H groups in total. The number of rotatable bonds is 6. The molecular weight excluding hydrogens is 387 g/mol. The molecule has 152 valence electrons. The van der Waals surface area contributed by atoms with Crippen LogP contribution >= 0.6 is 0 Å². The van der Waals surface area contributed by atoms with E-state index in [1.807, 2.05) is 54.6 Å². The van der Waals surface area contributed by atoms with Gasteiger partial charge in [-0.05, 0) is 52.6 Å². The maximum atomic E-state index is 13.7. The Balaban J connectivity index is 1.81. The highest BCUT2D eigenvalue weighted by atomic mass is 19.1. The minimum absolute atomic E-state index is 0.0917. The SMILES string of the molecule is COc1ccc(C2(c3cccc(-c4cccc(F)c4)c3)COC(NOC=O)=N2)cc1.